The number of anilines is 1. The summed E-state index contributed by atoms with van der Waals surface area (Å²) in [6.07, 6.45) is 1.80. The molecule has 0 saturated heterocycles. The van der Waals surface area contributed by atoms with Gasteiger partial charge in [0, 0.05) is 40.7 Å². The fraction of sp³-hybridized carbons (Fsp3) is 0.227. The molecular formula is C22H24N4O2. The number of aromatic amines is 1. The van der Waals surface area contributed by atoms with Crippen molar-refractivity contribution in [2.75, 3.05) is 5.32 Å². The number of nitrogens with zero attached hydrogens (tertiary/aromatic N) is 1. The zero-order valence-corrected chi connectivity index (χ0v) is 16.3. The summed E-state index contributed by atoms with van der Waals surface area (Å²) in [6.45, 7) is 5.86. The number of nitrogens with one attached hydrogen (secondary N) is 3. The summed E-state index contributed by atoms with van der Waals surface area (Å²) in [4.78, 5) is 27.4. The first-order chi connectivity index (χ1) is 13.4. The third-order valence-corrected chi connectivity index (χ3v) is 4.57. The summed E-state index contributed by atoms with van der Waals surface area (Å²) in [5.74, 6) is -0.495. The Labute approximate surface area is 164 Å². The summed E-state index contributed by atoms with van der Waals surface area (Å²) < 4.78 is 0. The van der Waals surface area contributed by atoms with E-state index in [-0.39, 0.29) is 24.7 Å². The Kier molecular flexibility index (Phi) is 5.89. The van der Waals surface area contributed by atoms with Crippen LogP contribution in [0.25, 0.3) is 10.9 Å². The molecule has 0 fully saturated rings. The Hall–Kier alpha value is -3.41. The largest absolute Gasteiger partial charge is 0.358 e. The number of benzene rings is 2. The third kappa shape index (κ3) is 4.65. The number of aromatic nitrogens is 1. The normalized spacial score (nSPS) is 11.1. The highest BCUT2D eigenvalue weighted by molar-refractivity contribution is 6.01. The van der Waals surface area contributed by atoms with Crippen molar-refractivity contribution in [2.45, 2.75) is 33.6 Å². The number of H-pyrrole nitrogens is 1. The van der Waals surface area contributed by atoms with E-state index in [1.165, 1.54) is 0 Å². The molecule has 6 nitrogen and oxygen atoms in total. The summed E-state index contributed by atoms with van der Waals surface area (Å²) in [5, 5.41) is 7.93. The number of carbonyl (C=O) groups excluding carboxylic acids is 2. The van der Waals surface area contributed by atoms with Crippen molar-refractivity contribution in [3.05, 3.63) is 64.8 Å². The monoisotopic (exact) mass is 376 g/mol. The van der Waals surface area contributed by atoms with Crippen LogP contribution in [0.1, 0.15) is 35.2 Å². The van der Waals surface area contributed by atoms with Crippen LogP contribution in [-0.4, -0.2) is 23.0 Å². The maximum atomic E-state index is 12.1. The number of aryl methyl sites for hydroxylation is 3. The standard InChI is InChI=1S/C22H24N4O2/c1-14-8-9-15(2)20(12-14)25-21(27)10-11-22(28)26-23-13-18-16(3)24-19-7-5-4-6-17(18)19/h4-9,12-13,24H,10-11H2,1-3H3,(H,25,27)(H,26,28). The van der Waals surface area contributed by atoms with E-state index < -0.39 is 0 Å². The molecular weight excluding hydrogens is 352 g/mol. The van der Waals surface area contributed by atoms with Gasteiger partial charge in [0.15, 0.2) is 0 Å². The summed E-state index contributed by atoms with van der Waals surface area (Å²) in [6, 6.07) is 13.8. The molecule has 3 rings (SSSR count). The average Bonchev–Trinajstić information content (AvgIpc) is 2.98. The van der Waals surface area contributed by atoms with Gasteiger partial charge in [0.2, 0.25) is 11.8 Å². The van der Waals surface area contributed by atoms with Crippen LogP contribution in [0, 0.1) is 20.8 Å². The van der Waals surface area contributed by atoms with Crippen molar-refractivity contribution in [3.63, 3.8) is 0 Å². The maximum absolute atomic E-state index is 12.1. The number of fused-ring (bicyclic) bond motifs is 1. The van der Waals surface area contributed by atoms with Crippen LogP contribution in [0.3, 0.4) is 0 Å². The predicted molar refractivity (Wildman–Crippen MR) is 113 cm³/mol. The molecule has 3 aromatic rings. The van der Waals surface area contributed by atoms with E-state index in [0.29, 0.717) is 0 Å². The topological polar surface area (TPSA) is 86.3 Å². The van der Waals surface area contributed by atoms with Crippen LogP contribution in [-0.2, 0) is 9.59 Å². The first kappa shape index (κ1) is 19.4. The lowest BCUT2D eigenvalue weighted by Gasteiger charge is -2.09. The van der Waals surface area contributed by atoms with Crippen molar-refractivity contribution >= 4 is 34.6 Å². The molecule has 2 aromatic carbocycles. The quantitative estimate of drug-likeness (QED) is 0.449. The molecule has 0 unspecified atom stereocenters. The Morgan fingerprint density at radius 3 is 2.61 bits per heavy atom. The van der Waals surface area contributed by atoms with Crippen molar-refractivity contribution in [1.82, 2.24) is 10.4 Å². The van der Waals surface area contributed by atoms with Crippen LogP contribution < -0.4 is 10.7 Å². The zero-order chi connectivity index (χ0) is 20.1. The molecule has 0 aliphatic carbocycles. The minimum atomic E-state index is -0.301. The van der Waals surface area contributed by atoms with Gasteiger partial charge in [-0.1, -0.05) is 30.3 Å². The van der Waals surface area contributed by atoms with Gasteiger partial charge in [-0.15, -0.1) is 0 Å². The number of carbonyl (C=O) groups is 2. The molecule has 28 heavy (non-hydrogen) atoms. The number of rotatable bonds is 6. The Bertz CT molecular complexity index is 1050. The van der Waals surface area contributed by atoms with Crippen LogP contribution in [0.2, 0.25) is 0 Å². The van der Waals surface area contributed by atoms with E-state index in [9.17, 15) is 9.59 Å². The predicted octanol–water partition coefficient (Wildman–Crippen LogP) is 3.96. The van der Waals surface area contributed by atoms with Crippen molar-refractivity contribution < 1.29 is 9.59 Å². The molecule has 3 N–H and O–H groups in total. The summed E-state index contributed by atoms with van der Waals surface area (Å²) in [7, 11) is 0. The van der Waals surface area contributed by atoms with Gasteiger partial charge in [0.05, 0.1) is 6.21 Å². The number of hydrogen-bond donors (Lipinski definition) is 3. The highest BCUT2D eigenvalue weighted by atomic mass is 16.2. The Morgan fingerprint density at radius 1 is 1.04 bits per heavy atom. The average molecular weight is 376 g/mol. The molecule has 0 aliphatic heterocycles. The second kappa shape index (κ2) is 8.52. The lowest BCUT2D eigenvalue weighted by molar-refractivity contribution is -0.124. The minimum Gasteiger partial charge on any atom is -0.358 e. The van der Waals surface area contributed by atoms with Crippen LogP contribution >= 0.6 is 0 Å². The van der Waals surface area contributed by atoms with E-state index in [1.807, 2.05) is 63.2 Å². The molecule has 0 spiro atoms. The van der Waals surface area contributed by atoms with Gasteiger partial charge in [0.1, 0.15) is 0 Å². The van der Waals surface area contributed by atoms with E-state index in [1.54, 1.807) is 6.21 Å². The van der Waals surface area contributed by atoms with Gasteiger partial charge in [-0.25, -0.2) is 5.43 Å². The maximum Gasteiger partial charge on any atom is 0.240 e. The Balaban J connectivity index is 1.51. The number of amides is 2. The summed E-state index contributed by atoms with van der Waals surface area (Å²) in [5.41, 5.74) is 8.26. The first-order valence-electron chi connectivity index (χ1n) is 9.20. The molecule has 1 heterocycles. The van der Waals surface area contributed by atoms with E-state index in [0.717, 1.165) is 39.0 Å². The highest BCUT2D eigenvalue weighted by Gasteiger charge is 2.09. The van der Waals surface area contributed by atoms with Gasteiger partial charge in [-0.2, -0.15) is 5.10 Å². The van der Waals surface area contributed by atoms with Gasteiger partial charge in [-0.3, -0.25) is 9.59 Å². The van der Waals surface area contributed by atoms with Crippen LogP contribution in [0.4, 0.5) is 5.69 Å². The van der Waals surface area contributed by atoms with Crippen LogP contribution in [0.15, 0.2) is 47.6 Å². The highest BCUT2D eigenvalue weighted by Crippen LogP contribution is 2.20. The summed E-state index contributed by atoms with van der Waals surface area (Å²) >= 11 is 0. The molecule has 1 aromatic heterocycles. The van der Waals surface area contributed by atoms with Gasteiger partial charge in [-0.05, 0) is 44.0 Å². The molecule has 0 saturated carbocycles. The second-order valence-corrected chi connectivity index (χ2v) is 6.87. The van der Waals surface area contributed by atoms with Gasteiger partial charge >= 0.3 is 0 Å². The van der Waals surface area contributed by atoms with Crippen LogP contribution in [0.5, 0.6) is 0 Å². The fourth-order valence-corrected chi connectivity index (χ4v) is 3.00. The molecule has 0 bridgehead atoms. The smallest absolute Gasteiger partial charge is 0.240 e. The molecule has 0 atom stereocenters. The van der Waals surface area contributed by atoms with Gasteiger partial charge < -0.3 is 10.3 Å². The third-order valence-electron chi connectivity index (χ3n) is 4.57. The second-order valence-electron chi connectivity index (χ2n) is 6.87. The van der Waals surface area contributed by atoms with E-state index >= 15 is 0 Å². The zero-order valence-electron chi connectivity index (χ0n) is 16.3. The minimum absolute atomic E-state index is 0.0703. The lowest BCUT2D eigenvalue weighted by atomic mass is 10.1. The van der Waals surface area contributed by atoms with Crippen molar-refractivity contribution in [1.29, 1.82) is 0 Å². The lowest BCUT2D eigenvalue weighted by Crippen LogP contribution is -2.21. The van der Waals surface area contributed by atoms with Crippen molar-refractivity contribution in [2.24, 2.45) is 5.10 Å². The molecule has 0 aliphatic rings. The molecule has 0 radical (unpaired) electrons. The van der Waals surface area contributed by atoms with E-state index in [2.05, 4.69) is 20.8 Å². The molecule has 144 valence electrons. The number of hydrazone groups is 1. The Morgan fingerprint density at radius 2 is 1.79 bits per heavy atom. The number of para-hydroxylation sites is 1. The molecule has 2 amide bonds. The van der Waals surface area contributed by atoms with E-state index in [4.69, 9.17) is 0 Å². The van der Waals surface area contributed by atoms with Crippen molar-refractivity contribution in [3.8, 4) is 0 Å². The number of hydrogen-bond acceptors (Lipinski definition) is 3. The SMILES string of the molecule is Cc1ccc(C)c(NC(=O)CCC(=O)NN=Cc2c(C)[nH]c3ccccc23)c1. The van der Waals surface area contributed by atoms with Gasteiger partial charge in [0.25, 0.3) is 0 Å². The first-order valence-corrected chi connectivity index (χ1v) is 9.20. The fourth-order valence-electron chi connectivity index (χ4n) is 3.00. The molecule has 6 heteroatoms.